The quantitative estimate of drug-likeness (QED) is 0.374. The van der Waals surface area contributed by atoms with Crippen molar-refractivity contribution in [3.8, 4) is 0 Å². The molecule has 0 amide bonds. The van der Waals surface area contributed by atoms with Crippen molar-refractivity contribution < 1.29 is 15.0 Å². The Kier molecular flexibility index (Phi) is 22.1. The molecule has 0 aliphatic heterocycles. The van der Waals surface area contributed by atoms with E-state index in [1.807, 2.05) is 11.8 Å². The Morgan fingerprint density at radius 2 is 1.54 bits per heavy atom. The van der Waals surface area contributed by atoms with Crippen LogP contribution in [0.2, 0.25) is 0 Å². The number of halogens is 1. The van der Waals surface area contributed by atoms with E-state index < -0.39 is 5.97 Å². The molecule has 1 atom stereocenters. The number of carbonyl (C=O) groups is 1. The molecule has 164 valence electrons. The maximum Gasteiger partial charge on any atom is 0.335 e. The van der Waals surface area contributed by atoms with Gasteiger partial charge in [-0.1, -0.05) is 58.2 Å². The van der Waals surface area contributed by atoms with Crippen molar-refractivity contribution >= 4 is 30.1 Å². The number of thioether (sulfide) groups is 1. The first kappa shape index (κ1) is 29.5. The lowest BCUT2D eigenvalue weighted by molar-refractivity contribution is 0.0697. The Morgan fingerprint density at radius 3 is 1.96 bits per heavy atom. The Hall–Kier alpha value is -0.750. The van der Waals surface area contributed by atoms with Crippen LogP contribution in [0, 0.1) is 0 Å². The van der Waals surface area contributed by atoms with Crippen molar-refractivity contribution in [3.63, 3.8) is 0 Å². The standard InChI is InChI=1S/C15H33NOS.C7H6O2.ClH/c1-4-7-10-16(11-8-5-2)13-15(17)14-18-12-9-6-3;8-7(9)6-4-2-1-3-5-6;/h15,17H,4-14H2,1-3H3;1-5H,(H,8,9);1H. The van der Waals surface area contributed by atoms with E-state index in [1.54, 1.807) is 30.3 Å². The fourth-order valence-corrected chi connectivity index (χ4v) is 3.49. The van der Waals surface area contributed by atoms with Crippen molar-refractivity contribution in [1.82, 2.24) is 4.90 Å². The molecule has 1 unspecified atom stereocenters. The van der Waals surface area contributed by atoms with Gasteiger partial charge in [-0.2, -0.15) is 11.8 Å². The van der Waals surface area contributed by atoms with Gasteiger partial charge >= 0.3 is 5.97 Å². The fourth-order valence-electron chi connectivity index (χ4n) is 2.46. The highest BCUT2D eigenvalue weighted by Crippen LogP contribution is 2.08. The lowest BCUT2D eigenvalue weighted by atomic mass is 10.2. The van der Waals surface area contributed by atoms with Crippen molar-refractivity contribution in [2.24, 2.45) is 0 Å². The molecule has 0 radical (unpaired) electrons. The van der Waals surface area contributed by atoms with Gasteiger partial charge in [0.2, 0.25) is 0 Å². The van der Waals surface area contributed by atoms with Gasteiger partial charge in [-0.3, -0.25) is 0 Å². The molecule has 0 aliphatic rings. The molecule has 4 nitrogen and oxygen atoms in total. The van der Waals surface area contributed by atoms with Crippen LogP contribution in [0.5, 0.6) is 0 Å². The molecule has 6 heteroatoms. The molecule has 0 saturated carbocycles. The van der Waals surface area contributed by atoms with Crippen molar-refractivity contribution in [2.45, 2.75) is 65.4 Å². The third-order valence-electron chi connectivity index (χ3n) is 4.10. The minimum atomic E-state index is -0.879. The minimum absolute atomic E-state index is 0. The van der Waals surface area contributed by atoms with Crippen molar-refractivity contribution in [1.29, 1.82) is 0 Å². The number of rotatable bonds is 14. The van der Waals surface area contributed by atoms with Gasteiger partial charge in [0.15, 0.2) is 0 Å². The van der Waals surface area contributed by atoms with Crippen LogP contribution >= 0.6 is 24.2 Å². The Bertz CT molecular complexity index is 454. The summed E-state index contributed by atoms with van der Waals surface area (Å²) in [7, 11) is 0. The van der Waals surface area contributed by atoms with Gasteiger partial charge in [-0.15, -0.1) is 12.4 Å². The zero-order valence-corrected chi connectivity index (χ0v) is 19.4. The molecule has 2 N–H and O–H groups in total. The topological polar surface area (TPSA) is 60.8 Å². The number of nitrogens with zero attached hydrogens (tertiary/aromatic N) is 1. The number of hydrogen-bond acceptors (Lipinski definition) is 4. The summed E-state index contributed by atoms with van der Waals surface area (Å²) in [5.74, 6) is 1.21. The summed E-state index contributed by atoms with van der Waals surface area (Å²) in [6, 6.07) is 8.30. The molecule has 0 heterocycles. The van der Waals surface area contributed by atoms with Gasteiger partial charge < -0.3 is 15.1 Å². The van der Waals surface area contributed by atoms with Crippen LogP contribution in [0.15, 0.2) is 30.3 Å². The molecule has 0 saturated heterocycles. The molecule has 0 aromatic heterocycles. The lowest BCUT2D eigenvalue weighted by Crippen LogP contribution is -2.35. The molecular formula is C22H40ClNO3S. The number of benzene rings is 1. The van der Waals surface area contributed by atoms with Crippen LogP contribution in [0.4, 0.5) is 0 Å². The maximum atomic E-state index is 10.2. The van der Waals surface area contributed by atoms with Gasteiger partial charge in [0.25, 0.3) is 0 Å². The molecule has 0 aliphatic carbocycles. The number of aliphatic hydroxyl groups excluding tert-OH is 1. The Labute approximate surface area is 182 Å². The van der Waals surface area contributed by atoms with E-state index in [2.05, 4.69) is 25.7 Å². The first-order chi connectivity index (χ1) is 13.0. The lowest BCUT2D eigenvalue weighted by Gasteiger charge is -2.24. The molecule has 0 spiro atoms. The second-order valence-electron chi connectivity index (χ2n) is 6.76. The highest BCUT2D eigenvalue weighted by Gasteiger charge is 2.11. The fraction of sp³-hybridized carbons (Fsp3) is 0.682. The number of hydrogen-bond donors (Lipinski definition) is 2. The van der Waals surface area contributed by atoms with Gasteiger partial charge in [-0.25, -0.2) is 4.79 Å². The largest absolute Gasteiger partial charge is 0.478 e. The van der Waals surface area contributed by atoms with E-state index in [4.69, 9.17) is 5.11 Å². The number of carboxylic acid groups (broad SMARTS) is 1. The first-order valence-corrected chi connectivity index (χ1v) is 11.5. The predicted octanol–water partition coefficient (Wildman–Crippen LogP) is 5.59. The van der Waals surface area contributed by atoms with E-state index in [1.165, 1.54) is 44.3 Å². The zero-order valence-electron chi connectivity index (χ0n) is 17.8. The molecule has 28 heavy (non-hydrogen) atoms. The van der Waals surface area contributed by atoms with Gasteiger partial charge in [-0.05, 0) is 50.2 Å². The highest BCUT2D eigenvalue weighted by molar-refractivity contribution is 7.99. The van der Waals surface area contributed by atoms with E-state index in [9.17, 15) is 9.90 Å². The first-order valence-electron chi connectivity index (χ1n) is 10.3. The van der Waals surface area contributed by atoms with Crippen LogP contribution in [0.3, 0.4) is 0 Å². The third kappa shape index (κ3) is 17.4. The summed E-state index contributed by atoms with van der Waals surface area (Å²) in [6.07, 6.45) is 7.35. The SMILES string of the molecule is CCCCSCC(O)CN(CCCC)CCCC.Cl.O=C(O)c1ccccc1. The highest BCUT2D eigenvalue weighted by atomic mass is 35.5. The van der Waals surface area contributed by atoms with Gasteiger partial charge in [0.1, 0.15) is 0 Å². The second kappa shape index (κ2) is 21.0. The number of aliphatic hydroxyl groups is 1. The van der Waals surface area contributed by atoms with Crippen LogP contribution in [-0.2, 0) is 0 Å². The van der Waals surface area contributed by atoms with Gasteiger partial charge in [0, 0.05) is 12.3 Å². The number of aromatic carboxylic acids is 1. The Morgan fingerprint density at radius 1 is 1.00 bits per heavy atom. The molecule has 0 bridgehead atoms. The summed E-state index contributed by atoms with van der Waals surface area (Å²) in [5, 5.41) is 18.4. The van der Waals surface area contributed by atoms with Crippen molar-refractivity contribution in [3.05, 3.63) is 35.9 Å². The Balaban J connectivity index is 0. The van der Waals surface area contributed by atoms with Crippen LogP contribution < -0.4 is 0 Å². The van der Waals surface area contributed by atoms with Gasteiger partial charge in [0.05, 0.1) is 11.7 Å². The molecule has 1 aromatic carbocycles. The smallest absolute Gasteiger partial charge is 0.335 e. The summed E-state index contributed by atoms with van der Waals surface area (Å²) < 4.78 is 0. The summed E-state index contributed by atoms with van der Waals surface area (Å²) >= 11 is 1.90. The summed E-state index contributed by atoms with van der Waals surface area (Å²) in [4.78, 5) is 12.6. The number of unbranched alkanes of at least 4 members (excludes halogenated alkanes) is 3. The normalized spacial score (nSPS) is 11.3. The third-order valence-corrected chi connectivity index (χ3v) is 5.30. The van der Waals surface area contributed by atoms with E-state index in [-0.39, 0.29) is 18.5 Å². The summed E-state index contributed by atoms with van der Waals surface area (Å²) in [5.41, 5.74) is 0.331. The predicted molar refractivity (Wildman–Crippen MR) is 125 cm³/mol. The average molecular weight is 434 g/mol. The average Bonchev–Trinajstić information content (AvgIpc) is 2.68. The maximum absolute atomic E-state index is 10.2. The van der Waals surface area contributed by atoms with Crippen LogP contribution in [0.25, 0.3) is 0 Å². The monoisotopic (exact) mass is 433 g/mol. The van der Waals surface area contributed by atoms with Crippen LogP contribution in [-0.4, -0.2) is 58.3 Å². The minimum Gasteiger partial charge on any atom is -0.478 e. The molecule has 0 fully saturated rings. The molecule has 1 aromatic rings. The molecule has 1 rings (SSSR count). The van der Waals surface area contributed by atoms with E-state index >= 15 is 0 Å². The van der Waals surface area contributed by atoms with E-state index in [0.29, 0.717) is 5.56 Å². The van der Waals surface area contributed by atoms with Crippen molar-refractivity contribution in [2.75, 3.05) is 31.1 Å². The molecular weight excluding hydrogens is 394 g/mol. The van der Waals surface area contributed by atoms with Crippen LogP contribution in [0.1, 0.15) is 69.7 Å². The van der Waals surface area contributed by atoms with E-state index in [0.717, 1.165) is 25.4 Å². The second-order valence-corrected chi connectivity index (χ2v) is 7.91. The number of carboxylic acids is 1. The summed E-state index contributed by atoms with van der Waals surface area (Å²) in [6.45, 7) is 9.83. The zero-order chi connectivity index (χ0) is 20.3.